The molecule has 0 aliphatic heterocycles. The van der Waals surface area contributed by atoms with E-state index in [4.69, 9.17) is 9.63 Å². The SMILES string of the molecule is O=C(O)CCCc1ccc2oncc2c1. The zero-order chi connectivity index (χ0) is 10.7. The maximum atomic E-state index is 10.3. The highest BCUT2D eigenvalue weighted by Crippen LogP contribution is 2.16. The fraction of sp³-hybridized carbons (Fsp3) is 0.273. The van der Waals surface area contributed by atoms with Crippen molar-refractivity contribution in [3.05, 3.63) is 30.0 Å². The summed E-state index contributed by atoms with van der Waals surface area (Å²) >= 11 is 0. The number of aromatic nitrogens is 1. The zero-order valence-corrected chi connectivity index (χ0v) is 8.14. The van der Waals surface area contributed by atoms with Crippen LogP contribution in [0.3, 0.4) is 0 Å². The molecule has 0 radical (unpaired) electrons. The first-order valence-corrected chi connectivity index (χ1v) is 4.81. The van der Waals surface area contributed by atoms with Crippen molar-refractivity contribution in [3.8, 4) is 0 Å². The van der Waals surface area contributed by atoms with Crippen LogP contribution in [0, 0.1) is 0 Å². The molecule has 2 rings (SSSR count). The van der Waals surface area contributed by atoms with Crippen LogP contribution >= 0.6 is 0 Å². The molecule has 0 aliphatic rings. The van der Waals surface area contributed by atoms with Gasteiger partial charge in [0, 0.05) is 11.8 Å². The number of carboxylic acid groups (broad SMARTS) is 1. The van der Waals surface area contributed by atoms with Gasteiger partial charge in [-0.2, -0.15) is 0 Å². The summed E-state index contributed by atoms with van der Waals surface area (Å²) in [4.78, 5) is 10.3. The Morgan fingerprint density at radius 1 is 1.47 bits per heavy atom. The molecule has 4 heteroatoms. The number of carboxylic acids is 1. The lowest BCUT2D eigenvalue weighted by molar-refractivity contribution is -0.137. The summed E-state index contributed by atoms with van der Waals surface area (Å²) in [5.41, 5.74) is 1.88. The number of hydrogen-bond donors (Lipinski definition) is 1. The molecule has 0 aliphatic carbocycles. The second kappa shape index (κ2) is 4.13. The number of hydrogen-bond acceptors (Lipinski definition) is 3. The van der Waals surface area contributed by atoms with E-state index in [-0.39, 0.29) is 6.42 Å². The lowest BCUT2D eigenvalue weighted by Gasteiger charge is -1.98. The average molecular weight is 205 g/mol. The normalized spacial score (nSPS) is 10.7. The predicted molar refractivity (Wildman–Crippen MR) is 54.6 cm³/mol. The van der Waals surface area contributed by atoms with E-state index in [0.29, 0.717) is 6.42 Å². The molecule has 78 valence electrons. The molecule has 1 heterocycles. The van der Waals surface area contributed by atoms with Crippen LogP contribution in [0.15, 0.2) is 28.9 Å². The molecule has 0 atom stereocenters. The van der Waals surface area contributed by atoms with E-state index in [0.717, 1.165) is 23.0 Å². The van der Waals surface area contributed by atoms with Gasteiger partial charge in [-0.05, 0) is 30.5 Å². The number of benzene rings is 1. The lowest BCUT2D eigenvalue weighted by Crippen LogP contribution is -1.95. The molecule has 0 saturated carbocycles. The van der Waals surface area contributed by atoms with Gasteiger partial charge in [0.25, 0.3) is 0 Å². The van der Waals surface area contributed by atoms with Gasteiger partial charge in [0.05, 0.1) is 6.20 Å². The second-order valence-electron chi connectivity index (χ2n) is 3.45. The second-order valence-corrected chi connectivity index (χ2v) is 3.45. The smallest absolute Gasteiger partial charge is 0.303 e. The van der Waals surface area contributed by atoms with Gasteiger partial charge in [0.1, 0.15) is 0 Å². The number of aryl methyl sites for hydroxylation is 1. The molecule has 1 aromatic heterocycles. The standard InChI is InChI=1S/C11H11NO3/c13-11(14)3-1-2-8-4-5-10-9(6-8)7-12-15-10/h4-7H,1-3H2,(H,13,14). The Hall–Kier alpha value is -1.84. The Morgan fingerprint density at radius 3 is 3.13 bits per heavy atom. The summed E-state index contributed by atoms with van der Waals surface area (Å²) in [6.45, 7) is 0. The van der Waals surface area contributed by atoms with Gasteiger partial charge in [-0.3, -0.25) is 4.79 Å². The molecule has 0 saturated heterocycles. The van der Waals surface area contributed by atoms with Crippen molar-refractivity contribution >= 4 is 16.9 Å². The third-order valence-electron chi connectivity index (χ3n) is 2.27. The highest BCUT2D eigenvalue weighted by atomic mass is 16.5. The maximum Gasteiger partial charge on any atom is 0.303 e. The van der Waals surface area contributed by atoms with Crippen LogP contribution in [0.4, 0.5) is 0 Å². The van der Waals surface area contributed by atoms with Gasteiger partial charge in [0.15, 0.2) is 5.58 Å². The summed E-state index contributed by atoms with van der Waals surface area (Å²) in [6, 6.07) is 5.78. The van der Waals surface area contributed by atoms with Crippen LogP contribution in [0.1, 0.15) is 18.4 Å². The number of carbonyl (C=O) groups is 1. The van der Waals surface area contributed by atoms with E-state index >= 15 is 0 Å². The van der Waals surface area contributed by atoms with Crippen molar-refractivity contribution in [2.45, 2.75) is 19.3 Å². The molecule has 2 aromatic rings. The molecule has 1 aromatic carbocycles. The van der Waals surface area contributed by atoms with E-state index in [2.05, 4.69) is 5.16 Å². The van der Waals surface area contributed by atoms with E-state index in [9.17, 15) is 4.79 Å². The minimum atomic E-state index is -0.749. The maximum absolute atomic E-state index is 10.3. The zero-order valence-electron chi connectivity index (χ0n) is 8.14. The van der Waals surface area contributed by atoms with Crippen LogP contribution < -0.4 is 0 Å². The summed E-state index contributed by atoms with van der Waals surface area (Å²) in [5, 5.41) is 13.1. The van der Waals surface area contributed by atoms with Crippen molar-refractivity contribution in [2.75, 3.05) is 0 Å². The Balaban J connectivity index is 2.04. The van der Waals surface area contributed by atoms with Gasteiger partial charge in [-0.1, -0.05) is 11.2 Å². The largest absolute Gasteiger partial charge is 0.481 e. The molecule has 0 spiro atoms. The van der Waals surface area contributed by atoms with Gasteiger partial charge >= 0.3 is 5.97 Å². The molecule has 0 fully saturated rings. The molecular formula is C11H11NO3. The third-order valence-corrected chi connectivity index (χ3v) is 2.27. The van der Waals surface area contributed by atoms with E-state index in [1.54, 1.807) is 6.20 Å². The van der Waals surface area contributed by atoms with Gasteiger partial charge in [-0.15, -0.1) is 0 Å². The Morgan fingerprint density at radius 2 is 2.33 bits per heavy atom. The van der Waals surface area contributed by atoms with Crippen LogP contribution in [-0.4, -0.2) is 16.2 Å². The first kappa shape index (κ1) is 9.71. The Labute approximate surface area is 86.5 Å². The van der Waals surface area contributed by atoms with Gasteiger partial charge in [-0.25, -0.2) is 0 Å². The highest BCUT2D eigenvalue weighted by molar-refractivity contribution is 5.76. The number of rotatable bonds is 4. The van der Waals surface area contributed by atoms with Gasteiger partial charge < -0.3 is 9.63 Å². The molecule has 1 N–H and O–H groups in total. The summed E-state index contributed by atoms with van der Waals surface area (Å²) in [6.07, 6.45) is 3.30. The number of fused-ring (bicyclic) bond motifs is 1. The minimum Gasteiger partial charge on any atom is -0.481 e. The summed E-state index contributed by atoms with van der Waals surface area (Å²) in [5.74, 6) is -0.749. The molecule has 15 heavy (non-hydrogen) atoms. The first-order valence-electron chi connectivity index (χ1n) is 4.81. The third kappa shape index (κ3) is 2.34. The average Bonchev–Trinajstić information content (AvgIpc) is 2.64. The van der Waals surface area contributed by atoms with E-state index in [1.165, 1.54) is 0 Å². The minimum absolute atomic E-state index is 0.210. The van der Waals surface area contributed by atoms with Crippen molar-refractivity contribution in [1.29, 1.82) is 0 Å². The Kier molecular flexibility index (Phi) is 2.67. The van der Waals surface area contributed by atoms with Crippen LogP contribution in [0.2, 0.25) is 0 Å². The van der Waals surface area contributed by atoms with E-state index < -0.39 is 5.97 Å². The van der Waals surface area contributed by atoms with Crippen LogP contribution in [0.5, 0.6) is 0 Å². The van der Waals surface area contributed by atoms with Gasteiger partial charge in [0.2, 0.25) is 0 Å². The molecular weight excluding hydrogens is 194 g/mol. The van der Waals surface area contributed by atoms with Crippen LogP contribution in [0.25, 0.3) is 11.0 Å². The van der Waals surface area contributed by atoms with Crippen molar-refractivity contribution < 1.29 is 14.4 Å². The van der Waals surface area contributed by atoms with Crippen molar-refractivity contribution in [2.24, 2.45) is 0 Å². The fourth-order valence-corrected chi connectivity index (χ4v) is 1.52. The Bertz CT molecular complexity index is 475. The molecule has 0 bridgehead atoms. The monoisotopic (exact) mass is 205 g/mol. The predicted octanol–water partition coefficient (Wildman–Crippen LogP) is 2.24. The number of nitrogens with zero attached hydrogens (tertiary/aromatic N) is 1. The highest BCUT2D eigenvalue weighted by Gasteiger charge is 2.01. The quantitative estimate of drug-likeness (QED) is 0.831. The summed E-state index contributed by atoms with van der Waals surface area (Å²) in [7, 11) is 0. The van der Waals surface area contributed by atoms with E-state index in [1.807, 2.05) is 18.2 Å². The lowest BCUT2D eigenvalue weighted by atomic mass is 10.1. The van der Waals surface area contributed by atoms with Crippen LogP contribution in [-0.2, 0) is 11.2 Å². The molecule has 4 nitrogen and oxygen atoms in total. The summed E-state index contributed by atoms with van der Waals surface area (Å²) < 4.78 is 4.97. The topological polar surface area (TPSA) is 63.3 Å². The first-order chi connectivity index (χ1) is 7.25. The van der Waals surface area contributed by atoms with Crippen molar-refractivity contribution in [1.82, 2.24) is 5.16 Å². The molecule has 0 unspecified atom stereocenters. The fourth-order valence-electron chi connectivity index (χ4n) is 1.52. The molecule has 0 amide bonds. The number of aliphatic carboxylic acids is 1. The van der Waals surface area contributed by atoms with Crippen molar-refractivity contribution in [3.63, 3.8) is 0 Å².